The molecule has 1 unspecified atom stereocenters. The number of aromatic amines is 1. The second kappa shape index (κ2) is 7.88. The third kappa shape index (κ3) is 3.96. The lowest BCUT2D eigenvalue weighted by molar-refractivity contribution is -0.116. The molecule has 0 saturated heterocycles. The third-order valence-electron chi connectivity index (χ3n) is 6.69. The summed E-state index contributed by atoms with van der Waals surface area (Å²) in [5.74, 6) is 1.50. The molecule has 4 rings (SSSR count). The zero-order chi connectivity index (χ0) is 19.7. The van der Waals surface area contributed by atoms with E-state index in [0.29, 0.717) is 16.1 Å². The quantitative estimate of drug-likeness (QED) is 0.692. The smallest absolute Gasteiger partial charge is 0.255 e. The Morgan fingerprint density at radius 1 is 1.29 bits per heavy atom. The normalized spacial score (nSPS) is 26.9. The van der Waals surface area contributed by atoms with Gasteiger partial charge >= 0.3 is 0 Å². The highest BCUT2D eigenvalue weighted by Gasteiger charge is 2.40. The molecule has 0 spiro atoms. The zero-order valence-corrected chi connectivity index (χ0v) is 17.1. The van der Waals surface area contributed by atoms with Gasteiger partial charge in [0.05, 0.1) is 17.3 Å². The van der Waals surface area contributed by atoms with Gasteiger partial charge in [0.1, 0.15) is 0 Å². The fourth-order valence-corrected chi connectivity index (χ4v) is 5.50. The van der Waals surface area contributed by atoms with Crippen LogP contribution in [0.3, 0.4) is 0 Å². The molecule has 2 fully saturated rings. The van der Waals surface area contributed by atoms with Gasteiger partial charge in [-0.1, -0.05) is 37.8 Å². The molecule has 1 heterocycles. The zero-order valence-electron chi connectivity index (χ0n) is 16.3. The summed E-state index contributed by atoms with van der Waals surface area (Å²) in [5.41, 5.74) is 0.426. The molecule has 6 heteroatoms. The van der Waals surface area contributed by atoms with Crippen LogP contribution in [-0.4, -0.2) is 23.0 Å². The number of amides is 1. The molecule has 1 aromatic carbocycles. The molecule has 2 aromatic rings. The summed E-state index contributed by atoms with van der Waals surface area (Å²) >= 11 is 6.30. The first-order valence-electron chi connectivity index (χ1n) is 10.3. The van der Waals surface area contributed by atoms with Crippen molar-refractivity contribution in [2.45, 2.75) is 57.4 Å². The van der Waals surface area contributed by atoms with Gasteiger partial charge < -0.3 is 15.6 Å². The van der Waals surface area contributed by atoms with E-state index < -0.39 is 0 Å². The largest absolute Gasteiger partial charge is 0.329 e. The number of anilines is 1. The lowest BCUT2D eigenvalue weighted by atomic mass is 9.64. The van der Waals surface area contributed by atoms with Gasteiger partial charge in [-0.25, -0.2) is 0 Å². The Hall–Kier alpha value is -1.85. The number of nitrogens with one attached hydrogen (secondary N) is 3. The minimum absolute atomic E-state index is 0.0752. The van der Waals surface area contributed by atoms with E-state index in [2.05, 4.69) is 22.5 Å². The Morgan fingerprint density at radius 3 is 2.75 bits per heavy atom. The summed E-state index contributed by atoms with van der Waals surface area (Å²) in [6.45, 7) is 2.50. The van der Waals surface area contributed by atoms with Gasteiger partial charge in [0.2, 0.25) is 5.91 Å². The Balaban J connectivity index is 1.44. The molecular formula is C22H28ClN3O2. The van der Waals surface area contributed by atoms with Crippen molar-refractivity contribution in [2.75, 3.05) is 11.9 Å². The highest BCUT2D eigenvalue weighted by molar-refractivity contribution is 6.34. The first-order valence-corrected chi connectivity index (χ1v) is 10.7. The topological polar surface area (TPSA) is 74.0 Å². The molecule has 5 nitrogen and oxygen atoms in total. The van der Waals surface area contributed by atoms with Crippen LogP contribution in [0.5, 0.6) is 0 Å². The number of H-pyrrole nitrogens is 1. The van der Waals surface area contributed by atoms with Gasteiger partial charge in [0.15, 0.2) is 0 Å². The maximum Gasteiger partial charge on any atom is 0.255 e. The van der Waals surface area contributed by atoms with Crippen molar-refractivity contribution < 1.29 is 4.79 Å². The van der Waals surface area contributed by atoms with Crippen molar-refractivity contribution in [3.05, 3.63) is 39.8 Å². The van der Waals surface area contributed by atoms with E-state index in [0.717, 1.165) is 23.6 Å². The van der Waals surface area contributed by atoms with Crippen molar-refractivity contribution in [2.24, 2.45) is 11.8 Å². The summed E-state index contributed by atoms with van der Waals surface area (Å²) in [7, 11) is 0. The van der Waals surface area contributed by atoms with Crippen LogP contribution in [0.1, 0.15) is 51.9 Å². The fourth-order valence-electron chi connectivity index (χ4n) is 5.29. The summed E-state index contributed by atoms with van der Waals surface area (Å²) in [6.07, 6.45) is 10.4. The third-order valence-corrected chi connectivity index (χ3v) is 7.00. The second-order valence-electron chi connectivity index (χ2n) is 8.57. The highest BCUT2D eigenvalue weighted by Crippen LogP contribution is 2.45. The number of carbonyl (C=O) groups excluding carboxylic acids is 1. The SMILES string of the molecule is CCC1(NCC(=O)Nc2cc3cc[nH]c(=O)c3cc2Cl)C[C@@H]2CCC[C@@H](C2)C1. The van der Waals surface area contributed by atoms with E-state index in [-0.39, 0.29) is 23.6 Å². The predicted molar refractivity (Wildman–Crippen MR) is 114 cm³/mol. The standard InChI is InChI=1S/C22H28ClN3O2/c1-2-22(11-14-4-3-5-15(8-14)12-22)25-13-20(27)26-19-9-16-6-7-24-21(28)17(16)10-18(19)23/h6-7,9-10,14-15,25H,2-5,8,11-13H2,1H3,(H,24,28)(H,26,27)/t14-,15+,22?. The molecule has 2 aliphatic carbocycles. The number of pyridine rings is 1. The first-order chi connectivity index (χ1) is 13.5. The average molecular weight is 402 g/mol. The van der Waals surface area contributed by atoms with Crippen LogP contribution in [0, 0.1) is 11.8 Å². The minimum Gasteiger partial charge on any atom is -0.329 e. The minimum atomic E-state index is -0.188. The molecule has 1 amide bonds. The molecule has 3 N–H and O–H groups in total. The molecule has 2 bridgehead atoms. The summed E-state index contributed by atoms with van der Waals surface area (Å²) < 4.78 is 0. The van der Waals surface area contributed by atoms with Crippen molar-refractivity contribution in [3.63, 3.8) is 0 Å². The van der Waals surface area contributed by atoms with Gasteiger partial charge in [0, 0.05) is 17.1 Å². The number of hydrogen-bond acceptors (Lipinski definition) is 3. The van der Waals surface area contributed by atoms with Crippen molar-refractivity contribution >= 4 is 34.0 Å². The lowest BCUT2D eigenvalue weighted by Crippen LogP contribution is -2.53. The summed E-state index contributed by atoms with van der Waals surface area (Å²) in [4.78, 5) is 27.1. The van der Waals surface area contributed by atoms with E-state index in [9.17, 15) is 9.59 Å². The molecular weight excluding hydrogens is 374 g/mol. The Kier molecular flexibility index (Phi) is 5.48. The van der Waals surface area contributed by atoms with Crippen molar-refractivity contribution in [3.8, 4) is 0 Å². The Bertz CT molecular complexity index is 927. The highest BCUT2D eigenvalue weighted by atomic mass is 35.5. The van der Waals surface area contributed by atoms with Gasteiger partial charge in [-0.3, -0.25) is 9.59 Å². The van der Waals surface area contributed by atoms with E-state index in [4.69, 9.17) is 11.6 Å². The van der Waals surface area contributed by atoms with E-state index in [1.807, 2.05) is 0 Å². The number of carbonyl (C=O) groups is 1. The van der Waals surface area contributed by atoms with Crippen molar-refractivity contribution in [1.29, 1.82) is 0 Å². The number of rotatable bonds is 5. The van der Waals surface area contributed by atoms with Gasteiger partial charge in [-0.15, -0.1) is 0 Å². The molecule has 3 atom stereocenters. The number of fused-ring (bicyclic) bond motifs is 3. The first kappa shape index (κ1) is 19.5. The van der Waals surface area contributed by atoms with Crippen LogP contribution in [0.15, 0.2) is 29.2 Å². The van der Waals surface area contributed by atoms with Crippen molar-refractivity contribution in [1.82, 2.24) is 10.3 Å². The van der Waals surface area contributed by atoms with E-state index in [1.54, 1.807) is 24.4 Å². The van der Waals surface area contributed by atoms with E-state index in [1.165, 1.54) is 38.5 Å². The summed E-state index contributed by atoms with van der Waals surface area (Å²) in [6, 6.07) is 5.16. The molecule has 0 radical (unpaired) electrons. The van der Waals surface area contributed by atoms with E-state index >= 15 is 0 Å². The number of benzene rings is 1. The maximum absolute atomic E-state index is 12.6. The summed E-state index contributed by atoms with van der Waals surface area (Å²) in [5, 5.41) is 8.13. The number of hydrogen-bond donors (Lipinski definition) is 3. The Morgan fingerprint density at radius 2 is 2.04 bits per heavy atom. The Labute approximate surface area is 170 Å². The lowest BCUT2D eigenvalue weighted by Gasteiger charge is -2.47. The molecule has 1 aromatic heterocycles. The molecule has 28 heavy (non-hydrogen) atoms. The number of aromatic nitrogens is 1. The monoisotopic (exact) mass is 401 g/mol. The fraction of sp³-hybridized carbons (Fsp3) is 0.545. The molecule has 2 saturated carbocycles. The number of halogens is 1. The van der Waals surface area contributed by atoms with Crippen LogP contribution in [0.25, 0.3) is 10.8 Å². The van der Waals surface area contributed by atoms with Crippen LogP contribution in [-0.2, 0) is 4.79 Å². The predicted octanol–water partition coefficient (Wildman–Crippen LogP) is 4.46. The average Bonchev–Trinajstić information content (AvgIpc) is 2.68. The van der Waals surface area contributed by atoms with Crippen LogP contribution in [0.4, 0.5) is 5.69 Å². The molecule has 0 aliphatic heterocycles. The van der Waals surface area contributed by atoms with Gasteiger partial charge in [0.25, 0.3) is 5.56 Å². The maximum atomic E-state index is 12.6. The van der Waals surface area contributed by atoms with Gasteiger partial charge in [-0.05, 0) is 61.1 Å². The molecule has 2 aliphatic rings. The van der Waals surface area contributed by atoms with Gasteiger partial charge in [-0.2, -0.15) is 0 Å². The van der Waals surface area contributed by atoms with Crippen LogP contribution >= 0.6 is 11.6 Å². The van der Waals surface area contributed by atoms with Crippen LogP contribution in [0.2, 0.25) is 5.02 Å². The van der Waals surface area contributed by atoms with Crippen LogP contribution < -0.4 is 16.2 Å². The second-order valence-corrected chi connectivity index (χ2v) is 8.98. The molecule has 150 valence electrons.